The van der Waals surface area contributed by atoms with Crippen LogP contribution < -0.4 is 10.6 Å². The molecule has 0 aromatic carbocycles. The van der Waals surface area contributed by atoms with Gasteiger partial charge in [0.05, 0.1) is 12.2 Å². The predicted octanol–water partition coefficient (Wildman–Crippen LogP) is 0.802. The largest absolute Gasteiger partial charge is 0.383 e. The molecule has 1 atom stereocenters. The van der Waals surface area contributed by atoms with E-state index in [2.05, 4.69) is 26.6 Å². The summed E-state index contributed by atoms with van der Waals surface area (Å²) in [6, 6.07) is 4.82. The number of nitrogens with two attached hydrogens (primary N) is 1. The second-order valence-corrected chi connectivity index (χ2v) is 7.36. The number of primary amides is 1. The first-order chi connectivity index (χ1) is 12.6. The molecule has 2 aliphatic rings. The van der Waals surface area contributed by atoms with Gasteiger partial charge in [0.2, 0.25) is 5.91 Å². The highest BCUT2D eigenvalue weighted by Crippen LogP contribution is 2.22. The summed E-state index contributed by atoms with van der Waals surface area (Å²) < 4.78 is 5.28. The van der Waals surface area contributed by atoms with Gasteiger partial charge in [0.1, 0.15) is 5.82 Å². The van der Waals surface area contributed by atoms with Gasteiger partial charge in [0.15, 0.2) is 0 Å². The number of anilines is 1. The Morgan fingerprint density at radius 3 is 2.46 bits per heavy atom. The Hall–Kier alpha value is -1.70. The maximum atomic E-state index is 11.2. The van der Waals surface area contributed by atoms with Crippen LogP contribution in [0.15, 0.2) is 18.3 Å². The van der Waals surface area contributed by atoms with E-state index in [-0.39, 0.29) is 0 Å². The summed E-state index contributed by atoms with van der Waals surface area (Å²) in [6.45, 7) is 9.60. The number of rotatable bonds is 6. The van der Waals surface area contributed by atoms with E-state index < -0.39 is 5.91 Å². The van der Waals surface area contributed by atoms with Crippen LogP contribution in [0.5, 0.6) is 0 Å². The van der Waals surface area contributed by atoms with Gasteiger partial charge in [0, 0.05) is 64.7 Å². The Bertz CT molecular complexity index is 578. The lowest BCUT2D eigenvalue weighted by molar-refractivity contribution is 0.0373. The van der Waals surface area contributed by atoms with Crippen LogP contribution in [0, 0.1) is 0 Å². The first kappa shape index (κ1) is 19.1. The third kappa shape index (κ3) is 4.52. The van der Waals surface area contributed by atoms with E-state index in [1.54, 1.807) is 19.4 Å². The molecule has 0 spiro atoms. The molecule has 1 aromatic heterocycles. The average Bonchev–Trinajstić information content (AvgIpc) is 2.68. The highest BCUT2D eigenvalue weighted by molar-refractivity contribution is 5.92. The maximum Gasteiger partial charge on any atom is 0.250 e. The second kappa shape index (κ2) is 8.79. The molecule has 1 amide bonds. The van der Waals surface area contributed by atoms with Gasteiger partial charge < -0.3 is 15.4 Å². The summed E-state index contributed by atoms with van der Waals surface area (Å²) in [7, 11) is 1.77. The van der Waals surface area contributed by atoms with Crippen LogP contribution in [-0.2, 0) is 4.74 Å². The van der Waals surface area contributed by atoms with Crippen molar-refractivity contribution < 1.29 is 9.53 Å². The van der Waals surface area contributed by atoms with E-state index in [9.17, 15) is 4.79 Å². The van der Waals surface area contributed by atoms with E-state index in [0.717, 1.165) is 64.5 Å². The van der Waals surface area contributed by atoms with Gasteiger partial charge in [-0.3, -0.25) is 14.6 Å². The summed E-state index contributed by atoms with van der Waals surface area (Å²) in [4.78, 5) is 23.0. The summed E-state index contributed by atoms with van der Waals surface area (Å²) in [5.41, 5.74) is 5.74. The van der Waals surface area contributed by atoms with Crippen molar-refractivity contribution in [3.63, 3.8) is 0 Å². The quantitative estimate of drug-likeness (QED) is 0.808. The topological polar surface area (TPSA) is 74.9 Å². The lowest BCUT2D eigenvalue weighted by Crippen LogP contribution is -2.55. The fourth-order valence-corrected chi connectivity index (χ4v) is 4.07. The van der Waals surface area contributed by atoms with Crippen molar-refractivity contribution in [2.24, 2.45) is 5.73 Å². The van der Waals surface area contributed by atoms with Crippen LogP contribution in [0.4, 0.5) is 5.82 Å². The summed E-state index contributed by atoms with van der Waals surface area (Å²) in [6.07, 6.45) is 3.89. The first-order valence-electron chi connectivity index (χ1n) is 9.56. The fraction of sp³-hybridized carbons (Fsp3) is 0.684. The van der Waals surface area contributed by atoms with Crippen LogP contribution in [0.1, 0.15) is 30.1 Å². The number of ether oxygens (including phenoxy) is 1. The van der Waals surface area contributed by atoms with Crippen molar-refractivity contribution in [2.45, 2.75) is 31.8 Å². The molecule has 144 valence electrons. The minimum absolute atomic E-state index is 0.429. The van der Waals surface area contributed by atoms with Gasteiger partial charge in [0.25, 0.3) is 0 Å². The molecule has 0 aliphatic carbocycles. The highest BCUT2D eigenvalue weighted by Gasteiger charge is 2.29. The van der Waals surface area contributed by atoms with Gasteiger partial charge in [-0.1, -0.05) is 0 Å². The number of piperazine rings is 1. The second-order valence-electron chi connectivity index (χ2n) is 7.36. The van der Waals surface area contributed by atoms with E-state index in [0.29, 0.717) is 17.6 Å². The zero-order valence-electron chi connectivity index (χ0n) is 15.9. The zero-order valence-corrected chi connectivity index (χ0v) is 15.9. The molecule has 7 nitrogen and oxygen atoms in total. The molecule has 26 heavy (non-hydrogen) atoms. The van der Waals surface area contributed by atoms with Crippen molar-refractivity contribution in [3.05, 3.63) is 23.9 Å². The molecule has 0 radical (unpaired) electrons. The number of nitrogens with zero attached hydrogens (tertiary/aromatic N) is 4. The SMILES string of the molecule is COC[C@H](C)N1CCN(C2CCN(c3ccc(C(N)=O)cn3)CC2)CC1. The number of carbonyl (C=O) groups is 1. The summed E-state index contributed by atoms with van der Waals surface area (Å²) in [5, 5.41) is 0. The zero-order chi connectivity index (χ0) is 18.5. The van der Waals surface area contributed by atoms with Crippen LogP contribution in [0.3, 0.4) is 0 Å². The summed E-state index contributed by atoms with van der Waals surface area (Å²) in [5.74, 6) is 0.508. The number of methoxy groups -OCH3 is 1. The number of piperidine rings is 1. The van der Waals surface area contributed by atoms with E-state index in [4.69, 9.17) is 10.5 Å². The number of hydrogen-bond acceptors (Lipinski definition) is 6. The molecule has 0 saturated carbocycles. The Morgan fingerprint density at radius 2 is 1.92 bits per heavy atom. The van der Waals surface area contributed by atoms with Crippen molar-refractivity contribution in [1.29, 1.82) is 0 Å². The standard InChI is InChI=1S/C19H31N5O2/c1-15(14-26-2)22-9-11-23(12-10-22)17-5-7-24(8-6-17)18-4-3-16(13-21-18)19(20)25/h3-4,13,15,17H,5-12,14H2,1-2H3,(H2,20,25)/t15-/m0/s1. The molecule has 3 heterocycles. The van der Waals surface area contributed by atoms with Gasteiger partial charge >= 0.3 is 0 Å². The van der Waals surface area contributed by atoms with Crippen LogP contribution in [0.2, 0.25) is 0 Å². The highest BCUT2D eigenvalue weighted by atomic mass is 16.5. The number of aromatic nitrogens is 1. The number of pyridine rings is 1. The van der Waals surface area contributed by atoms with Crippen molar-refractivity contribution in [1.82, 2.24) is 14.8 Å². The van der Waals surface area contributed by atoms with Crippen LogP contribution in [-0.4, -0.2) is 85.8 Å². The Labute approximate surface area is 156 Å². The molecule has 2 saturated heterocycles. The van der Waals surface area contributed by atoms with Gasteiger partial charge in [-0.2, -0.15) is 0 Å². The molecule has 7 heteroatoms. The normalized spacial score (nSPS) is 21.7. The molecular weight excluding hydrogens is 330 g/mol. The van der Waals surface area contributed by atoms with Crippen molar-refractivity contribution >= 4 is 11.7 Å². The molecule has 3 rings (SSSR count). The molecule has 2 aliphatic heterocycles. The Kier molecular flexibility index (Phi) is 6.45. The molecule has 0 unspecified atom stereocenters. The van der Waals surface area contributed by atoms with Gasteiger partial charge in [-0.05, 0) is 31.9 Å². The first-order valence-corrected chi connectivity index (χ1v) is 9.56. The lowest BCUT2D eigenvalue weighted by atomic mass is 10.0. The Morgan fingerprint density at radius 1 is 1.23 bits per heavy atom. The molecule has 1 aromatic rings. The summed E-state index contributed by atoms with van der Waals surface area (Å²) >= 11 is 0. The Balaban J connectivity index is 1.46. The average molecular weight is 361 g/mol. The number of carbonyl (C=O) groups excluding carboxylic acids is 1. The van der Waals surface area contributed by atoms with E-state index in [1.165, 1.54) is 0 Å². The molecule has 2 fully saturated rings. The third-order valence-corrected chi connectivity index (χ3v) is 5.72. The molecular formula is C19H31N5O2. The van der Waals surface area contributed by atoms with Gasteiger partial charge in [-0.15, -0.1) is 0 Å². The third-order valence-electron chi connectivity index (χ3n) is 5.72. The van der Waals surface area contributed by atoms with Crippen LogP contribution >= 0.6 is 0 Å². The van der Waals surface area contributed by atoms with E-state index in [1.807, 2.05) is 6.07 Å². The van der Waals surface area contributed by atoms with Gasteiger partial charge in [-0.25, -0.2) is 4.98 Å². The lowest BCUT2D eigenvalue weighted by Gasteiger charge is -2.44. The predicted molar refractivity (Wildman–Crippen MR) is 102 cm³/mol. The minimum atomic E-state index is -0.429. The maximum absolute atomic E-state index is 11.2. The van der Waals surface area contributed by atoms with Crippen molar-refractivity contribution in [2.75, 3.05) is 57.9 Å². The number of amides is 1. The van der Waals surface area contributed by atoms with Crippen molar-refractivity contribution in [3.8, 4) is 0 Å². The van der Waals surface area contributed by atoms with Crippen LogP contribution in [0.25, 0.3) is 0 Å². The smallest absolute Gasteiger partial charge is 0.250 e. The number of hydrogen-bond donors (Lipinski definition) is 1. The fourth-order valence-electron chi connectivity index (χ4n) is 4.07. The molecule has 2 N–H and O–H groups in total. The molecule has 0 bridgehead atoms. The van der Waals surface area contributed by atoms with E-state index >= 15 is 0 Å². The minimum Gasteiger partial charge on any atom is -0.383 e. The monoisotopic (exact) mass is 361 g/mol.